The molecular formula is C7H9FN2O2. The summed E-state index contributed by atoms with van der Waals surface area (Å²) in [5.41, 5.74) is 0. The normalized spacial score (nSPS) is 10.1. The molecule has 0 unspecified atom stereocenters. The van der Waals surface area contributed by atoms with Crippen molar-refractivity contribution < 1.29 is 14.3 Å². The van der Waals surface area contributed by atoms with Crippen LogP contribution in [0.25, 0.3) is 0 Å². The highest BCUT2D eigenvalue weighted by molar-refractivity contribution is 5.66. The van der Waals surface area contributed by atoms with Crippen molar-refractivity contribution in [2.45, 2.75) is 19.4 Å². The zero-order valence-corrected chi connectivity index (χ0v) is 6.40. The van der Waals surface area contributed by atoms with Gasteiger partial charge in [0.25, 0.3) is 0 Å². The number of rotatable bonds is 4. The van der Waals surface area contributed by atoms with E-state index < -0.39 is 11.9 Å². The van der Waals surface area contributed by atoms with Crippen molar-refractivity contribution in [3.63, 3.8) is 0 Å². The lowest BCUT2D eigenvalue weighted by Crippen LogP contribution is -2.02. The Balaban J connectivity index is 2.29. The van der Waals surface area contributed by atoms with Crippen LogP contribution in [0.2, 0.25) is 0 Å². The van der Waals surface area contributed by atoms with Crippen LogP contribution in [0.3, 0.4) is 0 Å². The van der Waals surface area contributed by atoms with E-state index in [1.54, 1.807) is 0 Å². The van der Waals surface area contributed by atoms with E-state index in [4.69, 9.17) is 5.11 Å². The molecule has 0 saturated heterocycles. The van der Waals surface area contributed by atoms with E-state index in [2.05, 4.69) is 5.10 Å². The Labute approximate surface area is 68.6 Å². The number of halogens is 1. The molecule has 0 amide bonds. The fraction of sp³-hybridized carbons (Fsp3) is 0.429. The molecule has 0 aliphatic rings. The van der Waals surface area contributed by atoms with Crippen molar-refractivity contribution in [2.75, 3.05) is 0 Å². The molecule has 0 atom stereocenters. The summed E-state index contributed by atoms with van der Waals surface area (Å²) in [4.78, 5) is 10.1. The van der Waals surface area contributed by atoms with Gasteiger partial charge in [-0.2, -0.15) is 4.39 Å². The molecule has 0 bridgehead atoms. The molecule has 0 radical (unpaired) electrons. The first-order valence-electron chi connectivity index (χ1n) is 3.59. The molecule has 1 heterocycles. The number of carbonyl (C=O) groups is 1. The predicted molar refractivity (Wildman–Crippen MR) is 39.1 cm³/mol. The average Bonchev–Trinajstić information content (AvgIpc) is 2.35. The van der Waals surface area contributed by atoms with Crippen molar-refractivity contribution in [3.8, 4) is 0 Å². The van der Waals surface area contributed by atoms with Gasteiger partial charge < -0.3 is 5.11 Å². The van der Waals surface area contributed by atoms with E-state index >= 15 is 0 Å². The Hall–Kier alpha value is -1.39. The third kappa shape index (κ3) is 2.69. The van der Waals surface area contributed by atoms with Gasteiger partial charge in [-0.1, -0.05) is 0 Å². The second kappa shape index (κ2) is 3.85. The van der Waals surface area contributed by atoms with Crippen molar-refractivity contribution >= 4 is 5.97 Å². The third-order valence-electron chi connectivity index (χ3n) is 1.39. The lowest BCUT2D eigenvalue weighted by Gasteiger charge is -1.97. The lowest BCUT2D eigenvalue weighted by molar-refractivity contribution is -0.137. The van der Waals surface area contributed by atoms with Gasteiger partial charge in [0.15, 0.2) is 0 Å². The van der Waals surface area contributed by atoms with Gasteiger partial charge in [0.1, 0.15) is 0 Å². The molecule has 66 valence electrons. The second-order valence-electron chi connectivity index (χ2n) is 2.40. The topological polar surface area (TPSA) is 55.1 Å². The third-order valence-corrected chi connectivity index (χ3v) is 1.39. The Bertz CT molecular complexity index is 272. The molecule has 0 spiro atoms. The first-order valence-corrected chi connectivity index (χ1v) is 3.59. The molecule has 0 aliphatic carbocycles. The minimum Gasteiger partial charge on any atom is -0.481 e. The zero-order chi connectivity index (χ0) is 8.97. The fourth-order valence-electron chi connectivity index (χ4n) is 0.854. The molecule has 0 aromatic carbocycles. The fourth-order valence-corrected chi connectivity index (χ4v) is 0.854. The van der Waals surface area contributed by atoms with E-state index in [0.717, 1.165) is 0 Å². The maximum atomic E-state index is 12.3. The standard InChI is InChI=1S/C7H9FN2O2/c8-6-3-5-10(9-6)4-1-2-7(11)12/h3,5H,1-2,4H2,(H,11,12). The summed E-state index contributed by atoms with van der Waals surface area (Å²) >= 11 is 0. The van der Waals surface area contributed by atoms with Crippen molar-refractivity contribution in [3.05, 3.63) is 18.2 Å². The molecule has 1 rings (SSSR count). The van der Waals surface area contributed by atoms with Crippen LogP contribution in [0, 0.1) is 5.95 Å². The molecular weight excluding hydrogens is 163 g/mol. The largest absolute Gasteiger partial charge is 0.481 e. The molecule has 5 heteroatoms. The molecule has 1 aromatic rings. The van der Waals surface area contributed by atoms with Crippen LogP contribution in [0.15, 0.2) is 12.3 Å². The van der Waals surface area contributed by atoms with Crippen LogP contribution in [0.5, 0.6) is 0 Å². The summed E-state index contributed by atoms with van der Waals surface area (Å²) in [6.07, 6.45) is 2.04. The maximum absolute atomic E-state index is 12.3. The summed E-state index contributed by atoms with van der Waals surface area (Å²) in [5.74, 6) is -1.38. The number of aryl methyl sites for hydroxylation is 1. The summed E-state index contributed by atoms with van der Waals surface area (Å²) in [5, 5.41) is 11.8. The average molecular weight is 172 g/mol. The van der Waals surface area contributed by atoms with Gasteiger partial charge in [-0.05, 0) is 6.42 Å². The van der Waals surface area contributed by atoms with Gasteiger partial charge in [0, 0.05) is 25.2 Å². The van der Waals surface area contributed by atoms with Crippen LogP contribution in [0.4, 0.5) is 4.39 Å². The molecule has 0 aliphatic heterocycles. The van der Waals surface area contributed by atoms with E-state index in [1.165, 1.54) is 16.9 Å². The minimum atomic E-state index is -0.845. The smallest absolute Gasteiger partial charge is 0.303 e. The monoisotopic (exact) mass is 172 g/mol. The highest BCUT2D eigenvalue weighted by atomic mass is 19.1. The number of nitrogens with zero attached hydrogens (tertiary/aromatic N) is 2. The summed E-state index contributed by atoms with van der Waals surface area (Å²) in [7, 11) is 0. The van der Waals surface area contributed by atoms with Gasteiger partial charge >= 0.3 is 5.97 Å². The van der Waals surface area contributed by atoms with Gasteiger partial charge in [-0.25, -0.2) is 0 Å². The van der Waals surface area contributed by atoms with Gasteiger partial charge in [-0.15, -0.1) is 5.10 Å². The predicted octanol–water partition coefficient (Wildman–Crippen LogP) is 0.887. The number of aromatic nitrogens is 2. The Morgan fingerprint density at radius 1 is 1.75 bits per heavy atom. The second-order valence-corrected chi connectivity index (χ2v) is 2.40. The van der Waals surface area contributed by atoms with E-state index in [0.29, 0.717) is 13.0 Å². The lowest BCUT2D eigenvalue weighted by atomic mass is 10.3. The number of hydrogen-bond donors (Lipinski definition) is 1. The van der Waals surface area contributed by atoms with E-state index in [1.807, 2.05) is 0 Å². The van der Waals surface area contributed by atoms with Crippen LogP contribution in [0.1, 0.15) is 12.8 Å². The van der Waals surface area contributed by atoms with Crippen molar-refractivity contribution in [1.82, 2.24) is 9.78 Å². The van der Waals surface area contributed by atoms with Crippen LogP contribution in [-0.2, 0) is 11.3 Å². The van der Waals surface area contributed by atoms with E-state index in [-0.39, 0.29) is 6.42 Å². The molecule has 1 N–H and O–H groups in total. The summed E-state index contributed by atoms with van der Waals surface area (Å²) in [6.45, 7) is 0.441. The molecule has 12 heavy (non-hydrogen) atoms. The van der Waals surface area contributed by atoms with Crippen LogP contribution in [-0.4, -0.2) is 20.9 Å². The molecule has 0 saturated carbocycles. The Morgan fingerprint density at radius 2 is 2.50 bits per heavy atom. The number of hydrogen-bond acceptors (Lipinski definition) is 2. The Kier molecular flexibility index (Phi) is 2.79. The molecule has 0 fully saturated rings. The number of carboxylic acids is 1. The zero-order valence-electron chi connectivity index (χ0n) is 6.40. The van der Waals surface area contributed by atoms with E-state index in [9.17, 15) is 9.18 Å². The summed E-state index contributed by atoms with van der Waals surface area (Å²) in [6, 6.07) is 1.24. The number of aliphatic carboxylic acids is 1. The van der Waals surface area contributed by atoms with Gasteiger partial charge in [-0.3, -0.25) is 9.48 Å². The van der Waals surface area contributed by atoms with Gasteiger partial charge in [0.05, 0.1) is 0 Å². The van der Waals surface area contributed by atoms with Crippen molar-refractivity contribution in [1.29, 1.82) is 0 Å². The quantitative estimate of drug-likeness (QED) is 0.733. The molecule has 4 nitrogen and oxygen atoms in total. The maximum Gasteiger partial charge on any atom is 0.303 e. The number of carboxylic acid groups (broad SMARTS) is 1. The van der Waals surface area contributed by atoms with Crippen LogP contribution < -0.4 is 0 Å². The highest BCUT2D eigenvalue weighted by Crippen LogP contribution is 1.96. The minimum absolute atomic E-state index is 0.0848. The van der Waals surface area contributed by atoms with Crippen LogP contribution >= 0.6 is 0 Å². The summed E-state index contributed by atoms with van der Waals surface area (Å²) < 4.78 is 13.7. The van der Waals surface area contributed by atoms with Gasteiger partial charge in [0.2, 0.25) is 5.95 Å². The van der Waals surface area contributed by atoms with Crippen molar-refractivity contribution in [2.24, 2.45) is 0 Å². The SMILES string of the molecule is O=C(O)CCCn1ccc(F)n1. The first-order chi connectivity index (χ1) is 5.68. The Morgan fingerprint density at radius 3 is 3.00 bits per heavy atom. The first kappa shape index (κ1) is 8.70. The highest BCUT2D eigenvalue weighted by Gasteiger charge is 1.99. The molecule has 1 aromatic heterocycles.